The minimum atomic E-state index is -0.798. The highest BCUT2D eigenvalue weighted by atomic mass is 32.1. The molecule has 2 heterocycles. The third-order valence-electron chi connectivity index (χ3n) is 6.01. The van der Waals surface area contributed by atoms with Crippen LogP contribution in [0.4, 0.5) is 4.79 Å². The van der Waals surface area contributed by atoms with Gasteiger partial charge in [0.25, 0.3) is 5.91 Å². The molecule has 4 rings (SSSR count). The number of hydrogen-bond acceptors (Lipinski definition) is 4. The fourth-order valence-electron chi connectivity index (χ4n) is 4.24. The first-order valence-corrected chi connectivity index (χ1v) is 10.4. The number of nitrogens with zero attached hydrogens (tertiary/aromatic N) is 2. The van der Waals surface area contributed by atoms with Gasteiger partial charge in [-0.05, 0) is 43.0 Å². The van der Waals surface area contributed by atoms with Crippen LogP contribution in [0.2, 0.25) is 0 Å². The van der Waals surface area contributed by atoms with Gasteiger partial charge in [-0.3, -0.25) is 14.5 Å². The summed E-state index contributed by atoms with van der Waals surface area (Å²) >= 11 is 1.62. The van der Waals surface area contributed by atoms with Crippen LogP contribution in [-0.2, 0) is 16.1 Å². The molecule has 1 spiro atoms. The van der Waals surface area contributed by atoms with E-state index in [4.69, 9.17) is 0 Å². The molecule has 1 N–H and O–H groups in total. The molecular formula is C19H25N3O3S. The summed E-state index contributed by atoms with van der Waals surface area (Å²) in [5.41, 5.74) is -0.798. The van der Waals surface area contributed by atoms with Crippen LogP contribution in [0.1, 0.15) is 50.3 Å². The van der Waals surface area contributed by atoms with Crippen molar-refractivity contribution in [3.63, 3.8) is 0 Å². The quantitative estimate of drug-likeness (QED) is 0.805. The van der Waals surface area contributed by atoms with Gasteiger partial charge in [-0.25, -0.2) is 4.79 Å². The minimum Gasteiger partial charge on any atom is -0.333 e. The Bertz CT molecular complexity index is 716. The van der Waals surface area contributed by atoms with E-state index in [0.717, 1.165) is 41.9 Å². The summed E-state index contributed by atoms with van der Waals surface area (Å²) in [5.74, 6) is -0.238. The average Bonchev–Trinajstić information content (AvgIpc) is 3.28. The van der Waals surface area contributed by atoms with Gasteiger partial charge in [-0.15, -0.1) is 11.3 Å². The number of amides is 4. The molecule has 26 heavy (non-hydrogen) atoms. The average molecular weight is 375 g/mol. The van der Waals surface area contributed by atoms with Gasteiger partial charge >= 0.3 is 6.03 Å². The lowest BCUT2D eigenvalue weighted by Crippen LogP contribution is -2.54. The molecule has 2 saturated carbocycles. The van der Waals surface area contributed by atoms with Crippen LogP contribution in [0.25, 0.3) is 0 Å². The van der Waals surface area contributed by atoms with Crippen molar-refractivity contribution >= 4 is 29.2 Å². The van der Waals surface area contributed by atoms with Crippen molar-refractivity contribution < 1.29 is 14.4 Å². The Labute approximate surface area is 157 Å². The van der Waals surface area contributed by atoms with Crippen LogP contribution in [0.15, 0.2) is 17.5 Å². The molecule has 0 aromatic carbocycles. The molecular weight excluding hydrogens is 350 g/mol. The van der Waals surface area contributed by atoms with E-state index < -0.39 is 11.6 Å². The van der Waals surface area contributed by atoms with Gasteiger partial charge in [0.1, 0.15) is 12.1 Å². The Balaban J connectivity index is 1.48. The van der Waals surface area contributed by atoms with Crippen LogP contribution < -0.4 is 5.32 Å². The third kappa shape index (κ3) is 3.02. The molecule has 140 valence electrons. The summed E-state index contributed by atoms with van der Waals surface area (Å²) in [6.45, 7) is 2.43. The highest BCUT2D eigenvalue weighted by Gasteiger charge is 2.55. The van der Waals surface area contributed by atoms with E-state index in [-0.39, 0.29) is 30.3 Å². The Morgan fingerprint density at radius 1 is 1.35 bits per heavy atom. The zero-order valence-electron chi connectivity index (χ0n) is 15.1. The number of urea groups is 1. The van der Waals surface area contributed by atoms with Gasteiger partial charge in [0, 0.05) is 10.9 Å². The lowest BCUT2D eigenvalue weighted by atomic mass is 9.73. The number of carbonyl (C=O) groups excluding carboxylic acids is 3. The number of thiophene rings is 1. The van der Waals surface area contributed by atoms with Crippen molar-refractivity contribution in [2.24, 2.45) is 5.92 Å². The lowest BCUT2D eigenvalue weighted by Gasteiger charge is -2.36. The van der Waals surface area contributed by atoms with Gasteiger partial charge in [-0.2, -0.15) is 0 Å². The first-order valence-electron chi connectivity index (χ1n) is 9.47. The first kappa shape index (κ1) is 17.5. The Kier molecular flexibility index (Phi) is 4.50. The van der Waals surface area contributed by atoms with Crippen LogP contribution >= 0.6 is 11.3 Å². The molecule has 6 nitrogen and oxygen atoms in total. The molecule has 2 aliphatic carbocycles. The van der Waals surface area contributed by atoms with Crippen LogP contribution in [0.3, 0.4) is 0 Å². The van der Waals surface area contributed by atoms with Crippen molar-refractivity contribution in [3.05, 3.63) is 22.4 Å². The second kappa shape index (κ2) is 6.68. The van der Waals surface area contributed by atoms with E-state index in [9.17, 15) is 14.4 Å². The SMILES string of the molecule is CC1CCCCC12NC(=O)N(CC(=O)N(Cc1cccs1)C1CC1)C2=O. The molecule has 0 bridgehead atoms. The van der Waals surface area contributed by atoms with E-state index in [1.807, 2.05) is 29.3 Å². The highest BCUT2D eigenvalue weighted by Crippen LogP contribution is 2.38. The summed E-state index contributed by atoms with van der Waals surface area (Å²) in [5, 5.41) is 4.92. The van der Waals surface area contributed by atoms with E-state index in [2.05, 4.69) is 5.32 Å². The van der Waals surface area contributed by atoms with E-state index in [1.54, 1.807) is 11.3 Å². The predicted molar refractivity (Wildman–Crippen MR) is 98.5 cm³/mol. The van der Waals surface area contributed by atoms with Gasteiger partial charge in [0.05, 0.1) is 6.54 Å². The molecule has 1 saturated heterocycles. The summed E-state index contributed by atoms with van der Waals surface area (Å²) < 4.78 is 0. The van der Waals surface area contributed by atoms with Gasteiger partial charge in [0.15, 0.2) is 0 Å². The van der Waals surface area contributed by atoms with Crippen LogP contribution in [0.5, 0.6) is 0 Å². The fourth-order valence-corrected chi connectivity index (χ4v) is 4.95. The second-order valence-electron chi connectivity index (χ2n) is 7.77. The second-order valence-corrected chi connectivity index (χ2v) is 8.80. The first-order chi connectivity index (χ1) is 12.5. The molecule has 0 radical (unpaired) electrons. The van der Waals surface area contributed by atoms with E-state index in [1.165, 1.54) is 0 Å². The van der Waals surface area contributed by atoms with Gasteiger partial charge < -0.3 is 10.2 Å². The topological polar surface area (TPSA) is 69.7 Å². The summed E-state index contributed by atoms with van der Waals surface area (Å²) in [6.07, 6.45) is 5.62. The largest absolute Gasteiger partial charge is 0.333 e. The molecule has 7 heteroatoms. The van der Waals surface area contributed by atoms with E-state index >= 15 is 0 Å². The highest BCUT2D eigenvalue weighted by molar-refractivity contribution is 7.09. The lowest BCUT2D eigenvalue weighted by molar-refractivity contribution is -0.141. The zero-order chi connectivity index (χ0) is 18.3. The molecule has 3 aliphatic rings. The summed E-state index contributed by atoms with van der Waals surface area (Å²) in [7, 11) is 0. The Morgan fingerprint density at radius 2 is 2.15 bits per heavy atom. The maximum Gasteiger partial charge on any atom is 0.325 e. The normalized spacial score (nSPS) is 28.5. The molecule has 1 aliphatic heterocycles. The van der Waals surface area contributed by atoms with Crippen LogP contribution in [-0.4, -0.2) is 45.8 Å². The van der Waals surface area contributed by atoms with Crippen molar-refractivity contribution in [1.82, 2.24) is 15.1 Å². The smallest absolute Gasteiger partial charge is 0.325 e. The zero-order valence-corrected chi connectivity index (χ0v) is 15.9. The Hall–Kier alpha value is -1.89. The maximum absolute atomic E-state index is 13.0. The van der Waals surface area contributed by atoms with Gasteiger partial charge in [0.2, 0.25) is 5.91 Å². The predicted octanol–water partition coefficient (Wildman–Crippen LogP) is 2.74. The summed E-state index contributed by atoms with van der Waals surface area (Å²) in [4.78, 5) is 42.5. The standard InChI is InChI=1S/C19H25N3O3S/c1-13-5-2-3-9-19(13)17(24)22(18(25)20-19)12-16(23)21(14-7-8-14)11-15-6-4-10-26-15/h4,6,10,13-14H,2-3,5,7-9,11-12H2,1H3,(H,20,25). The maximum atomic E-state index is 13.0. The van der Waals surface area contributed by atoms with Crippen molar-refractivity contribution in [2.75, 3.05) is 6.54 Å². The minimum absolute atomic E-state index is 0.110. The number of rotatable bonds is 5. The number of carbonyl (C=O) groups is 3. The molecule has 2 atom stereocenters. The fraction of sp³-hybridized carbons (Fsp3) is 0.632. The molecule has 2 unspecified atom stereocenters. The van der Waals surface area contributed by atoms with Crippen molar-refractivity contribution in [2.45, 2.75) is 63.6 Å². The molecule has 1 aromatic rings. The molecule has 4 amide bonds. The molecule has 1 aromatic heterocycles. The summed E-state index contributed by atoms with van der Waals surface area (Å²) in [6, 6.07) is 3.82. The Morgan fingerprint density at radius 3 is 2.81 bits per heavy atom. The number of nitrogens with one attached hydrogen (secondary N) is 1. The van der Waals surface area contributed by atoms with Crippen LogP contribution in [0, 0.1) is 5.92 Å². The van der Waals surface area contributed by atoms with Gasteiger partial charge in [-0.1, -0.05) is 25.8 Å². The number of hydrogen-bond donors (Lipinski definition) is 1. The van der Waals surface area contributed by atoms with Crippen molar-refractivity contribution in [1.29, 1.82) is 0 Å². The van der Waals surface area contributed by atoms with Crippen molar-refractivity contribution in [3.8, 4) is 0 Å². The molecule has 3 fully saturated rings. The third-order valence-corrected chi connectivity index (χ3v) is 6.87. The van der Waals surface area contributed by atoms with E-state index in [0.29, 0.717) is 13.0 Å². The monoisotopic (exact) mass is 375 g/mol. The number of imide groups is 1.